The molecule has 0 heterocycles. The Kier molecular flexibility index (Phi) is 5.33. The highest BCUT2D eigenvalue weighted by Gasteiger charge is 2.17. The minimum atomic E-state index is -0.735. The van der Waals surface area contributed by atoms with Crippen molar-refractivity contribution in [2.75, 3.05) is 6.61 Å². The Balaban J connectivity index is 2.08. The zero-order valence-corrected chi connectivity index (χ0v) is 13.5. The van der Waals surface area contributed by atoms with Crippen molar-refractivity contribution in [3.63, 3.8) is 0 Å². The highest BCUT2D eigenvalue weighted by molar-refractivity contribution is 5.42. The van der Waals surface area contributed by atoms with Crippen LogP contribution in [0.25, 0.3) is 0 Å². The van der Waals surface area contributed by atoms with Crippen LogP contribution in [0.1, 0.15) is 34.6 Å². The number of rotatable bonds is 5. The zero-order valence-electron chi connectivity index (χ0n) is 13.5. The molecule has 2 aromatic carbocycles. The molecule has 0 saturated heterocycles. The van der Waals surface area contributed by atoms with Crippen LogP contribution in [-0.4, -0.2) is 6.61 Å². The maximum absolute atomic E-state index is 13.5. The molecule has 0 radical (unpaired) electrons. The molecule has 0 aliphatic carbocycles. The van der Waals surface area contributed by atoms with Crippen molar-refractivity contribution in [3.8, 4) is 11.8 Å². The van der Waals surface area contributed by atoms with Crippen molar-refractivity contribution < 1.29 is 13.5 Å². The molecule has 0 amide bonds. The number of aryl methyl sites for hydroxylation is 3. The van der Waals surface area contributed by atoms with Crippen molar-refractivity contribution >= 4 is 0 Å². The fourth-order valence-corrected chi connectivity index (χ4v) is 2.89. The molecule has 1 unspecified atom stereocenters. The summed E-state index contributed by atoms with van der Waals surface area (Å²) in [5.74, 6) is -1.70. The van der Waals surface area contributed by atoms with Crippen molar-refractivity contribution in [2.24, 2.45) is 0 Å². The molecule has 2 aromatic rings. The van der Waals surface area contributed by atoms with Crippen LogP contribution < -0.4 is 4.74 Å². The Hall–Kier alpha value is -2.41. The van der Waals surface area contributed by atoms with Gasteiger partial charge < -0.3 is 4.74 Å². The van der Waals surface area contributed by atoms with Gasteiger partial charge in [-0.15, -0.1) is 0 Å². The summed E-state index contributed by atoms with van der Waals surface area (Å²) in [6.45, 7) is 6.18. The summed E-state index contributed by atoms with van der Waals surface area (Å²) in [7, 11) is 0. The lowest BCUT2D eigenvalue weighted by Gasteiger charge is -2.17. The first-order valence-corrected chi connectivity index (χ1v) is 7.47. The maximum atomic E-state index is 13.5. The molecule has 0 aromatic heterocycles. The quantitative estimate of drug-likeness (QED) is 0.780. The Bertz CT molecular complexity index is 727. The number of hydrogen-bond donors (Lipinski definition) is 0. The molecule has 0 N–H and O–H groups in total. The summed E-state index contributed by atoms with van der Waals surface area (Å²) in [5.41, 5.74) is 4.30. The molecule has 0 bridgehead atoms. The molecule has 4 heteroatoms. The Morgan fingerprint density at radius 2 is 1.74 bits per heavy atom. The minimum absolute atomic E-state index is 0.000407. The molecule has 2 rings (SSSR count). The fourth-order valence-electron chi connectivity index (χ4n) is 2.89. The lowest BCUT2D eigenvalue weighted by Crippen LogP contribution is -2.08. The maximum Gasteiger partial charge on any atom is 0.167 e. The molecule has 23 heavy (non-hydrogen) atoms. The van der Waals surface area contributed by atoms with Gasteiger partial charge in [-0.3, -0.25) is 0 Å². The lowest BCUT2D eigenvalue weighted by molar-refractivity contribution is 0.290. The molecular formula is C19H19F2NO. The van der Waals surface area contributed by atoms with E-state index in [4.69, 9.17) is 4.74 Å². The molecule has 0 saturated carbocycles. The fraction of sp³-hybridized carbons (Fsp3) is 0.316. The van der Waals surface area contributed by atoms with E-state index >= 15 is 0 Å². The van der Waals surface area contributed by atoms with Crippen molar-refractivity contribution in [1.29, 1.82) is 5.26 Å². The van der Waals surface area contributed by atoms with Gasteiger partial charge in [0.1, 0.15) is 5.82 Å². The van der Waals surface area contributed by atoms with E-state index in [9.17, 15) is 14.0 Å². The average Bonchev–Trinajstić information content (AvgIpc) is 2.46. The highest BCUT2D eigenvalue weighted by atomic mass is 19.1. The van der Waals surface area contributed by atoms with Gasteiger partial charge in [0, 0.05) is 12.5 Å². The summed E-state index contributed by atoms with van der Waals surface area (Å²) in [5, 5.41) is 9.46. The Morgan fingerprint density at radius 1 is 1.09 bits per heavy atom. The summed E-state index contributed by atoms with van der Waals surface area (Å²) < 4.78 is 31.7. The molecule has 0 aliphatic heterocycles. The summed E-state index contributed by atoms with van der Waals surface area (Å²) >= 11 is 0. The lowest BCUT2D eigenvalue weighted by atomic mass is 9.88. The number of nitrogens with zero attached hydrogens (tertiary/aromatic N) is 1. The van der Waals surface area contributed by atoms with Crippen LogP contribution in [-0.2, 0) is 0 Å². The van der Waals surface area contributed by atoms with Crippen LogP contribution in [0.4, 0.5) is 8.78 Å². The predicted molar refractivity (Wildman–Crippen MR) is 85.5 cm³/mol. The van der Waals surface area contributed by atoms with Crippen molar-refractivity contribution in [1.82, 2.24) is 0 Å². The number of hydrogen-bond acceptors (Lipinski definition) is 2. The van der Waals surface area contributed by atoms with Crippen LogP contribution in [0.5, 0.6) is 5.75 Å². The monoisotopic (exact) mass is 315 g/mol. The number of halogens is 2. The van der Waals surface area contributed by atoms with Crippen LogP contribution in [0.2, 0.25) is 0 Å². The number of benzene rings is 2. The van der Waals surface area contributed by atoms with Crippen molar-refractivity contribution in [3.05, 3.63) is 64.2 Å². The van der Waals surface area contributed by atoms with Gasteiger partial charge in [0.15, 0.2) is 11.6 Å². The Morgan fingerprint density at radius 3 is 2.30 bits per heavy atom. The topological polar surface area (TPSA) is 33.0 Å². The smallest absolute Gasteiger partial charge is 0.167 e. The SMILES string of the molecule is Cc1cc(C)c(C(C#N)CCOc2ccc(F)cc2F)c(C)c1. The second-order valence-electron chi connectivity index (χ2n) is 5.71. The molecular weight excluding hydrogens is 296 g/mol. The normalized spacial score (nSPS) is 11.8. The molecule has 2 nitrogen and oxygen atoms in total. The van der Waals surface area contributed by atoms with Gasteiger partial charge in [-0.1, -0.05) is 17.7 Å². The summed E-state index contributed by atoms with van der Waals surface area (Å²) in [6, 6.07) is 9.58. The van der Waals surface area contributed by atoms with E-state index in [2.05, 4.69) is 6.07 Å². The van der Waals surface area contributed by atoms with Crippen LogP contribution >= 0.6 is 0 Å². The third-order valence-electron chi connectivity index (χ3n) is 3.80. The van der Waals surface area contributed by atoms with Gasteiger partial charge in [0.2, 0.25) is 0 Å². The van der Waals surface area contributed by atoms with E-state index < -0.39 is 11.6 Å². The van der Waals surface area contributed by atoms with E-state index in [1.165, 1.54) is 6.07 Å². The van der Waals surface area contributed by atoms with E-state index in [1.807, 2.05) is 32.9 Å². The zero-order chi connectivity index (χ0) is 17.0. The van der Waals surface area contributed by atoms with E-state index in [0.29, 0.717) is 6.42 Å². The third kappa shape index (κ3) is 4.07. The number of ether oxygens (including phenoxy) is 1. The average molecular weight is 315 g/mol. The highest BCUT2D eigenvalue weighted by Crippen LogP contribution is 2.28. The summed E-state index contributed by atoms with van der Waals surface area (Å²) in [6.07, 6.45) is 0.443. The van der Waals surface area contributed by atoms with Gasteiger partial charge >= 0.3 is 0 Å². The largest absolute Gasteiger partial charge is 0.490 e. The van der Waals surface area contributed by atoms with Crippen LogP contribution in [0.3, 0.4) is 0 Å². The molecule has 1 atom stereocenters. The summed E-state index contributed by atoms with van der Waals surface area (Å²) in [4.78, 5) is 0. The van der Waals surface area contributed by atoms with E-state index in [0.717, 1.165) is 34.4 Å². The third-order valence-corrected chi connectivity index (χ3v) is 3.80. The molecule has 0 aliphatic rings. The van der Waals surface area contributed by atoms with Crippen LogP contribution in [0, 0.1) is 43.7 Å². The first-order chi connectivity index (χ1) is 10.9. The van der Waals surface area contributed by atoms with Gasteiger partial charge in [-0.25, -0.2) is 8.78 Å². The van der Waals surface area contributed by atoms with Gasteiger partial charge in [0.05, 0.1) is 18.6 Å². The standard InChI is InChI=1S/C19H19F2NO/c1-12-8-13(2)19(14(3)9-12)15(11-22)6-7-23-18-5-4-16(20)10-17(18)21/h4-5,8-10,15H,6-7H2,1-3H3. The number of nitriles is 1. The van der Waals surface area contributed by atoms with Gasteiger partial charge in [0.25, 0.3) is 0 Å². The first-order valence-electron chi connectivity index (χ1n) is 7.47. The van der Waals surface area contributed by atoms with Crippen LogP contribution in [0.15, 0.2) is 30.3 Å². The van der Waals surface area contributed by atoms with Gasteiger partial charge in [-0.05, 0) is 49.6 Å². The second-order valence-corrected chi connectivity index (χ2v) is 5.71. The molecule has 0 fully saturated rings. The van der Waals surface area contributed by atoms with E-state index in [-0.39, 0.29) is 18.3 Å². The predicted octanol–water partition coefficient (Wildman–Crippen LogP) is 4.97. The second kappa shape index (κ2) is 7.23. The Labute approximate surface area is 135 Å². The van der Waals surface area contributed by atoms with Crippen molar-refractivity contribution in [2.45, 2.75) is 33.1 Å². The first kappa shape index (κ1) is 17.0. The van der Waals surface area contributed by atoms with E-state index in [1.54, 1.807) is 0 Å². The minimum Gasteiger partial charge on any atom is -0.490 e. The molecule has 120 valence electrons. The van der Waals surface area contributed by atoms with Gasteiger partial charge in [-0.2, -0.15) is 5.26 Å². The molecule has 0 spiro atoms.